The highest BCUT2D eigenvalue weighted by Gasteiger charge is 2.36. The maximum Gasteiger partial charge on any atom is 0.242 e. The number of carbonyl (C=O) groups excluding carboxylic acids is 2. The van der Waals surface area contributed by atoms with E-state index in [1.165, 1.54) is 5.57 Å². The van der Waals surface area contributed by atoms with Crippen LogP contribution in [0.2, 0.25) is 0 Å². The van der Waals surface area contributed by atoms with E-state index in [0.29, 0.717) is 13.0 Å². The molecule has 0 saturated carbocycles. The number of H-pyrrole nitrogens is 1. The van der Waals surface area contributed by atoms with Crippen LogP contribution in [0.1, 0.15) is 62.9 Å². The van der Waals surface area contributed by atoms with Gasteiger partial charge >= 0.3 is 0 Å². The Bertz CT molecular complexity index is 1580. The Morgan fingerprint density at radius 3 is 2.11 bits per heavy atom. The average molecular weight is 610 g/mol. The van der Waals surface area contributed by atoms with E-state index in [1.54, 1.807) is 7.11 Å². The van der Waals surface area contributed by atoms with Crippen molar-refractivity contribution >= 4 is 23.1 Å². The third kappa shape index (κ3) is 6.36. The number of hydrogen-bond acceptors (Lipinski definition) is 7. The van der Waals surface area contributed by atoms with Crippen molar-refractivity contribution in [3.8, 4) is 22.4 Å². The molecule has 6 rings (SSSR count). The Hall–Kier alpha value is -4.12. The molecule has 2 fully saturated rings. The first-order valence-electron chi connectivity index (χ1n) is 16.0. The van der Waals surface area contributed by atoms with Crippen LogP contribution in [0.5, 0.6) is 0 Å². The van der Waals surface area contributed by atoms with E-state index in [4.69, 9.17) is 21.2 Å². The predicted molar refractivity (Wildman–Crippen MR) is 176 cm³/mol. The van der Waals surface area contributed by atoms with Gasteiger partial charge in [-0.05, 0) is 59.9 Å². The Morgan fingerprint density at radius 2 is 1.47 bits per heavy atom. The van der Waals surface area contributed by atoms with E-state index in [-0.39, 0.29) is 30.5 Å². The zero-order valence-electron chi connectivity index (χ0n) is 26.1. The molecule has 4 heterocycles. The van der Waals surface area contributed by atoms with Crippen LogP contribution in [-0.4, -0.2) is 82.2 Å². The molecule has 1 aromatic heterocycles. The number of amides is 2. The van der Waals surface area contributed by atoms with Gasteiger partial charge in [-0.2, -0.15) is 0 Å². The lowest BCUT2D eigenvalue weighted by Gasteiger charge is -2.27. The molecule has 236 valence electrons. The Labute approximate surface area is 264 Å². The van der Waals surface area contributed by atoms with Crippen molar-refractivity contribution in [3.05, 3.63) is 72.3 Å². The van der Waals surface area contributed by atoms with Crippen LogP contribution < -0.4 is 11.5 Å². The van der Waals surface area contributed by atoms with Gasteiger partial charge in [-0.15, -0.1) is 0 Å². The Morgan fingerprint density at radius 1 is 0.889 bits per heavy atom. The smallest absolute Gasteiger partial charge is 0.242 e. The first-order valence-corrected chi connectivity index (χ1v) is 16.0. The first kappa shape index (κ1) is 30.9. The molecule has 10 nitrogen and oxygen atoms in total. The summed E-state index contributed by atoms with van der Waals surface area (Å²) in [7, 11) is 1.55. The largest absolute Gasteiger partial charge is 0.383 e. The lowest BCUT2D eigenvalue weighted by Crippen LogP contribution is -2.48. The van der Waals surface area contributed by atoms with Crippen LogP contribution in [0.4, 0.5) is 0 Å². The number of carbonyl (C=O) groups is 2. The molecule has 2 saturated heterocycles. The summed E-state index contributed by atoms with van der Waals surface area (Å²) in [5.41, 5.74) is 19.7. The molecule has 5 N–H and O–H groups in total. The van der Waals surface area contributed by atoms with Gasteiger partial charge in [0.25, 0.3) is 0 Å². The van der Waals surface area contributed by atoms with Gasteiger partial charge in [-0.3, -0.25) is 14.6 Å². The van der Waals surface area contributed by atoms with E-state index in [2.05, 4.69) is 58.5 Å². The number of rotatable bonds is 10. The summed E-state index contributed by atoms with van der Waals surface area (Å²) >= 11 is 0. The molecule has 3 aliphatic rings. The van der Waals surface area contributed by atoms with E-state index >= 15 is 0 Å². The zero-order chi connectivity index (χ0) is 31.5. The molecule has 3 aromatic rings. The molecule has 0 spiro atoms. The fourth-order valence-electron chi connectivity index (χ4n) is 6.74. The number of hydrogen-bond donors (Lipinski definition) is 3. The summed E-state index contributed by atoms with van der Waals surface area (Å²) < 4.78 is 5.08. The molecule has 45 heavy (non-hydrogen) atoms. The molecule has 2 amide bonds. The van der Waals surface area contributed by atoms with E-state index in [9.17, 15) is 9.59 Å². The summed E-state index contributed by atoms with van der Waals surface area (Å²) in [4.78, 5) is 42.2. The number of aromatic nitrogens is 2. The Kier molecular flexibility index (Phi) is 9.25. The standard InChI is InChI=1S/C35H43N7O3/c1-3-27(36)34(43)41-16-4-6-31(41)29-18-26(19-38-29)24-10-8-22(9-11-24)23-12-14-25(15-13-23)30-20-39-33(40-30)32-7-5-17-42(32)35(44)28(37)21-45-2/h8-15,19-20,27-28,31-32H,3-7,16-18,21,36-37H2,1-2H3,(H,39,40)/t27-,28-,31-,32-/m0/s1. The van der Waals surface area contributed by atoms with Crippen LogP contribution in [0, 0.1) is 0 Å². The normalized spacial score (nSPS) is 21.2. The summed E-state index contributed by atoms with van der Waals surface area (Å²) in [5, 5.41) is 0. The topological polar surface area (TPSA) is 143 Å². The third-order valence-electron chi connectivity index (χ3n) is 9.33. The van der Waals surface area contributed by atoms with E-state index in [0.717, 1.165) is 78.1 Å². The zero-order valence-corrected chi connectivity index (χ0v) is 26.1. The number of aliphatic imine (C=N–C) groups is 1. The van der Waals surface area contributed by atoms with Crippen molar-refractivity contribution in [2.24, 2.45) is 16.5 Å². The number of ether oxygens (including phenoxy) is 1. The number of allylic oxidation sites excluding steroid dienone is 1. The SMILES string of the molecule is CC[C@H](N)C(=O)N1CCC[C@H]1C1=NC=C(c2ccc(-c3ccc(-c4cnc([C@@H]5CCCN5C(=O)[C@@H](N)COC)[nH]4)cc3)cc2)C1. The van der Waals surface area contributed by atoms with Crippen molar-refractivity contribution < 1.29 is 14.3 Å². The van der Waals surface area contributed by atoms with Crippen molar-refractivity contribution in [2.45, 2.75) is 69.6 Å². The van der Waals surface area contributed by atoms with Crippen molar-refractivity contribution in [3.63, 3.8) is 0 Å². The number of imidazole rings is 1. The molecule has 0 aliphatic carbocycles. The number of likely N-dealkylation sites (tertiary alicyclic amines) is 2. The average Bonchev–Trinajstić information content (AvgIpc) is 3.90. The van der Waals surface area contributed by atoms with Crippen LogP contribution in [0.3, 0.4) is 0 Å². The van der Waals surface area contributed by atoms with Gasteiger partial charge in [0, 0.05) is 38.5 Å². The summed E-state index contributed by atoms with van der Waals surface area (Å²) in [6, 6.07) is 15.8. The number of aromatic amines is 1. The van der Waals surface area contributed by atoms with Crippen molar-refractivity contribution in [2.75, 3.05) is 26.8 Å². The van der Waals surface area contributed by atoms with Crippen LogP contribution >= 0.6 is 0 Å². The monoisotopic (exact) mass is 609 g/mol. The molecular formula is C35H43N7O3. The van der Waals surface area contributed by atoms with Gasteiger partial charge in [0.1, 0.15) is 11.9 Å². The van der Waals surface area contributed by atoms with Gasteiger partial charge < -0.3 is 31.0 Å². The fraction of sp³-hybridized carbons (Fsp3) is 0.429. The molecule has 0 radical (unpaired) electrons. The lowest BCUT2D eigenvalue weighted by atomic mass is 9.96. The highest BCUT2D eigenvalue weighted by Crippen LogP contribution is 2.34. The summed E-state index contributed by atoms with van der Waals surface area (Å²) in [6.45, 7) is 3.58. The highest BCUT2D eigenvalue weighted by atomic mass is 16.5. The van der Waals surface area contributed by atoms with Gasteiger partial charge in [0.05, 0.1) is 36.6 Å². The first-order chi connectivity index (χ1) is 21.9. The second kappa shape index (κ2) is 13.5. The minimum absolute atomic E-state index is 0.0374. The van der Waals surface area contributed by atoms with Crippen LogP contribution in [0.15, 0.2) is 65.9 Å². The second-order valence-corrected chi connectivity index (χ2v) is 12.2. The molecule has 10 heteroatoms. The molecule has 4 atom stereocenters. The minimum atomic E-state index is -0.669. The maximum absolute atomic E-state index is 12.9. The highest BCUT2D eigenvalue weighted by molar-refractivity contribution is 6.03. The summed E-state index contributed by atoms with van der Waals surface area (Å²) in [5.74, 6) is 0.718. The van der Waals surface area contributed by atoms with Crippen molar-refractivity contribution in [1.29, 1.82) is 0 Å². The molecule has 2 aromatic carbocycles. The number of nitrogens with two attached hydrogens (primary N) is 2. The molecule has 0 bridgehead atoms. The second-order valence-electron chi connectivity index (χ2n) is 12.2. The number of benzene rings is 2. The van der Waals surface area contributed by atoms with Gasteiger partial charge in [-0.25, -0.2) is 4.98 Å². The van der Waals surface area contributed by atoms with Crippen molar-refractivity contribution in [1.82, 2.24) is 19.8 Å². The number of methoxy groups -OCH3 is 1. The number of nitrogens with one attached hydrogen (secondary N) is 1. The Balaban J connectivity index is 1.08. The fourth-order valence-corrected chi connectivity index (χ4v) is 6.74. The molecular weight excluding hydrogens is 566 g/mol. The minimum Gasteiger partial charge on any atom is -0.383 e. The predicted octanol–water partition coefficient (Wildman–Crippen LogP) is 4.29. The van der Waals surface area contributed by atoms with Gasteiger partial charge in [0.15, 0.2) is 0 Å². The third-order valence-corrected chi connectivity index (χ3v) is 9.33. The maximum atomic E-state index is 12.9. The van der Waals surface area contributed by atoms with Gasteiger partial charge in [-0.1, -0.05) is 55.5 Å². The molecule has 0 unspecified atom stereocenters. The molecule has 3 aliphatic heterocycles. The van der Waals surface area contributed by atoms with Crippen LogP contribution in [0.25, 0.3) is 28.0 Å². The number of nitrogens with zero attached hydrogens (tertiary/aromatic N) is 4. The lowest BCUT2D eigenvalue weighted by molar-refractivity contribution is -0.135. The van der Waals surface area contributed by atoms with Gasteiger partial charge in [0.2, 0.25) is 11.8 Å². The quantitative estimate of drug-likeness (QED) is 0.313. The van der Waals surface area contributed by atoms with E-state index < -0.39 is 12.1 Å². The summed E-state index contributed by atoms with van der Waals surface area (Å²) in [6.07, 6.45) is 8.88. The van der Waals surface area contributed by atoms with Crippen LogP contribution in [-0.2, 0) is 14.3 Å². The van der Waals surface area contributed by atoms with E-state index in [1.807, 2.05) is 29.1 Å².